The maximum Gasteiger partial charge on any atom is 0.234 e. The molecule has 0 fully saturated rings. The van der Waals surface area contributed by atoms with E-state index in [1.165, 1.54) is 11.1 Å². The van der Waals surface area contributed by atoms with Crippen LogP contribution in [0.4, 0.5) is 0 Å². The van der Waals surface area contributed by atoms with E-state index in [0.717, 1.165) is 28.5 Å². The Labute approximate surface area is 131 Å². The van der Waals surface area contributed by atoms with Crippen molar-refractivity contribution in [1.29, 1.82) is 5.26 Å². The van der Waals surface area contributed by atoms with E-state index in [-0.39, 0.29) is 5.82 Å². The molecular formula is C16H13BrN4. The lowest BCUT2D eigenvalue weighted by Gasteiger charge is -2.05. The highest BCUT2D eigenvalue weighted by molar-refractivity contribution is 9.08. The molecule has 0 saturated carbocycles. The summed E-state index contributed by atoms with van der Waals surface area (Å²) in [5, 5.41) is 10.7. The SMILES string of the molecule is Cn1c(Cc2ccc(CBr)cc2)cc2cnc(C#N)nc21. The van der Waals surface area contributed by atoms with Crippen molar-refractivity contribution in [2.45, 2.75) is 11.8 Å². The predicted octanol–water partition coefficient (Wildman–Crippen LogP) is 3.33. The lowest BCUT2D eigenvalue weighted by Crippen LogP contribution is -1.99. The Hall–Kier alpha value is -2.19. The minimum absolute atomic E-state index is 0.205. The van der Waals surface area contributed by atoms with Gasteiger partial charge in [0, 0.05) is 36.1 Å². The highest BCUT2D eigenvalue weighted by atomic mass is 79.9. The molecule has 1 aromatic carbocycles. The van der Waals surface area contributed by atoms with Crippen molar-refractivity contribution in [3.05, 3.63) is 59.2 Å². The number of rotatable bonds is 3. The topological polar surface area (TPSA) is 54.5 Å². The Morgan fingerprint density at radius 1 is 1.24 bits per heavy atom. The van der Waals surface area contributed by atoms with Gasteiger partial charge in [-0.1, -0.05) is 40.2 Å². The highest BCUT2D eigenvalue weighted by Crippen LogP contribution is 2.19. The third-order valence-electron chi connectivity index (χ3n) is 3.53. The molecule has 0 radical (unpaired) electrons. The fourth-order valence-corrected chi connectivity index (χ4v) is 2.72. The van der Waals surface area contributed by atoms with Crippen LogP contribution in [0.3, 0.4) is 0 Å². The molecule has 0 N–H and O–H groups in total. The Balaban J connectivity index is 1.96. The molecule has 5 heteroatoms. The van der Waals surface area contributed by atoms with E-state index in [2.05, 4.69) is 56.2 Å². The first kappa shape index (κ1) is 13.8. The zero-order chi connectivity index (χ0) is 14.8. The molecule has 0 spiro atoms. The van der Waals surface area contributed by atoms with Crippen molar-refractivity contribution < 1.29 is 0 Å². The van der Waals surface area contributed by atoms with Crippen LogP contribution in [0, 0.1) is 11.3 Å². The van der Waals surface area contributed by atoms with Crippen molar-refractivity contribution in [2.75, 3.05) is 0 Å². The third kappa shape index (κ3) is 2.67. The Morgan fingerprint density at radius 2 is 1.95 bits per heavy atom. The second-order valence-corrected chi connectivity index (χ2v) is 5.47. The lowest BCUT2D eigenvalue weighted by atomic mass is 10.1. The number of aryl methyl sites for hydroxylation is 1. The van der Waals surface area contributed by atoms with Gasteiger partial charge in [0.1, 0.15) is 11.7 Å². The summed E-state index contributed by atoms with van der Waals surface area (Å²) in [4.78, 5) is 8.29. The van der Waals surface area contributed by atoms with E-state index in [9.17, 15) is 0 Å². The van der Waals surface area contributed by atoms with Crippen LogP contribution in [-0.2, 0) is 18.8 Å². The van der Waals surface area contributed by atoms with Crippen LogP contribution in [0.5, 0.6) is 0 Å². The number of nitriles is 1. The molecular weight excluding hydrogens is 328 g/mol. The van der Waals surface area contributed by atoms with Gasteiger partial charge in [0.25, 0.3) is 0 Å². The van der Waals surface area contributed by atoms with E-state index in [4.69, 9.17) is 5.26 Å². The number of fused-ring (bicyclic) bond motifs is 1. The molecule has 0 saturated heterocycles. The second kappa shape index (κ2) is 5.66. The Kier molecular flexibility index (Phi) is 3.72. The van der Waals surface area contributed by atoms with Gasteiger partial charge in [-0.05, 0) is 17.2 Å². The van der Waals surface area contributed by atoms with Gasteiger partial charge in [-0.3, -0.25) is 0 Å². The van der Waals surface area contributed by atoms with Gasteiger partial charge < -0.3 is 4.57 Å². The molecule has 0 bridgehead atoms. The summed E-state index contributed by atoms with van der Waals surface area (Å²) in [7, 11) is 1.97. The van der Waals surface area contributed by atoms with E-state index in [0.29, 0.717) is 0 Å². The van der Waals surface area contributed by atoms with Crippen LogP contribution in [0.25, 0.3) is 11.0 Å². The summed E-state index contributed by atoms with van der Waals surface area (Å²) >= 11 is 3.45. The first-order chi connectivity index (χ1) is 10.2. The maximum absolute atomic E-state index is 8.89. The number of aromatic nitrogens is 3. The van der Waals surface area contributed by atoms with Gasteiger partial charge in [-0.2, -0.15) is 5.26 Å². The number of hydrogen-bond acceptors (Lipinski definition) is 3. The van der Waals surface area contributed by atoms with Crippen LogP contribution in [-0.4, -0.2) is 14.5 Å². The molecule has 21 heavy (non-hydrogen) atoms. The number of alkyl halides is 1. The van der Waals surface area contributed by atoms with Crippen molar-refractivity contribution in [3.8, 4) is 6.07 Å². The van der Waals surface area contributed by atoms with Gasteiger partial charge in [-0.25, -0.2) is 9.97 Å². The van der Waals surface area contributed by atoms with Crippen LogP contribution >= 0.6 is 15.9 Å². The first-order valence-electron chi connectivity index (χ1n) is 6.56. The quantitative estimate of drug-likeness (QED) is 0.687. The maximum atomic E-state index is 8.89. The third-order valence-corrected chi connectivity index (χ3v) is 4.18. The smallest absolute Gasteiger partial charge is 0.234 e. The number of benzene rings is 1. The summed E-state index contributed by atoms with van der Waals surface area (Å²) in [5.41, 5.74) is 4.47. The molecule has 3 aromatic rings. The van der Waals surface area contributed by atoms with Crippen LogP contribution < -0.4 is 0 Å². The van der Waals surface area contributed by atoms with Crippen LogP contribution in [0.15, 0.2) is 36.5 Å². The summed E-state index contributed by atoms with van der Waals surface area (Å²) in [6.45, 7) is 0. The number of halogens is 1. The zero-order valence-electron chi connectivity index (χ0n) is 11.5. The summed E-state index contributed by atoms with van der Waals surface area (Å²) in [6.07, 6.45) is 2.54. The van der Waals surface area contributed by atoms with E-state index < -0.39 is 0 Å². The zero-order valence-corrected chi connectivity index (χ0v) is 13.1. The van der Waals surface area contributed by atoms with E-state index >= 15 is 0 Å². The largest absolute Gasteiger partial charge is 0.332 e. The van der Waals surface area contributed by atoms with Crippen molar-refractivity contribution in [2.24, 2.45) is 7.05 Å². The first-order valence-corrected chi connectivity index (χ1v) is 7.68. The molecule has 3 rings (SSSR count). The Morgan fingerprint density at radius 3 is 2.62 bits per heavy atom. The second-order valence-electron chi connectivity index (χ2n) is 4.91. The predicted molar refractivity (Wildman–Crippen MR) is 85.1 cm³/mol. The minimum Gasteiger partial charge on any atom is -0.332 e. The molecule has 0 atom stereocenters. The molecule has 0 aliphatic carbocycles. The Bertz CT molecular complexity index is 828. The number of hydrogen-bond donors (Lipinski definition) is 0. The van der Waals surface area contributed by atoms with Crippen LogP contribution in [0.1, 0.15) is 22.6 Å². The fourth-order valence-electron chi connectivity index (χ4n) is 2.34. The molecule has 4 nitrogen and oxygen atoms in total. The average molecular weight is 341 g/mol. The lowest BCUT2D eigenvalue weighted by molar-refractivity contribution is 0.864. The van der Waals surface area contributed by atoms with Gasteiger partial charge in [0.15, 0.2) is 0 Å². The standard InChI is InChI=1S/C16H13BrN4/c1-21-14(6-11-2-4-12(8-17)5-3-11)7-13-10-19-15(9-18)20-16(13)21/h2-5,7,10H,6,8H2,1H3. The van der Waals surface area contributed by atoms with E-state index in [1.54, 1.807) is 6.20 Å². The molecule has 2 heterocycles. The van der Waals surface area contributed by atoms with Crippen LogP contribution in [0.2, 0.25) is 0 Å². The summed E-state index contributed by atoms with van der Waals surface area (Å²) in [6, 6.07) is 12.6. The van der Waals surface area contributed by atoms with Gasteiger partial charge in [0.05, 0.1) is 0 Å². The highest BCUT2D eigenvalue weighted by Gasteiger charge is 2.09. The summed E-state index contributed by atoms with van der Waals surface area (Å²) < 4.78 is 2.02. The number of nitrogens with zero attached hydrogens (tertiary/aromatic N) is 4. The molecule has 0 aliphatic heterocycles. The molecule has 104 valence electrons. The molecule has 0 amide bonds. The monoisotopic (exact) mass is 340 g/mol. The molecule has 0 aliphatic rings. The van der Waals surface area contributed by atoms with Gasteiger partial charge >= 0.3 is 0 Å². The molecule has 2 aromatic heterocycles. The van der Waals surface area contributed by atoms with Gasteiger partial charge in [-0.15, -0.1) is 0 Å². The minimum atomic E-state index is 0.205. The van der Waals surface area contributed by atoms with Crippen molar-refractivity contribution in [1.82, 2.24) is 14.5 Å². The fraction of sp³-hybridized carbons (Fsp3) is 0.188. The van der Waals surface area contributed by atoms with E-state index in [1.807, 2.05) is 17.7 Å². The molecule has 0 unspecified atom stereocenters. The average Bonchev–Trinajstić information content (AvgIpc) is 2.84. The normalized spacial score (nSPS) is 10.7. The van der Waals surface area contributed by atoms with Crippen molar-refractivity contribution >= 4 is 27.0 Å². The summed E-state index contributed by atoms with van der Waals surface area (Å²) in [5.74, 6) is 0.205. The van der Waals surface area contributed by atoms with Gasteiger partial charge in [0.2, 0.25) is 5.82 Å². The van der Waals surface area contributed by atoms with Crippen molar-refractivity contribution in [3.63, 3.8) is 0 Å².